The molecule has 1 N–H and O–H groups in total. The van der Waals surface area contributed by atoms with Crippen LogP contribution in [0.15, 0.2) is 24.3 Å². The molecule has 0 bridgehead atoms. The summed E-state index contributed by atoms with van der Waals surface area (Å²) >= 11 is 0. The first-order valence-electron chi connectivity index (χ1n) is 7.01. The second-order valence-electron chi connectivity index (χ2n) is 5.06. The summed E-state index contributed by atoms with van der Waals surface area (Å²) < 4.78 is 18.4. The standard InChI is InChI=1S/C15H21FN2O2.ClH/c1-18(13-7-8-17-11-13)15(19)6-3-9-20-14-5-2-4-12(16)10-14;/h2,4-5,10,13,17H,3,6-9,11H2,1H3;1H. The van der Waals surface area contributed by atoms with E-state index < -0.39 is 0 Å². The number of halogens is 2. The molecule has 4 nitrogen and oxygen atoms in total. The normalized spacial score (nSPS) is 17.1. The van der Waals surface area contributed by atoms with Gasteiger partial charge in [-0.1, -0.05) is 6.07 Å². The van der Waals surface area contributed by atoms with Crippen LogP contribution in [0, 0.1) is 5.82 Å². The molecule has 1 saturated heterocycles. The fraction of sp³-hybridized carbons (Fsp3) is 0.533. The third-order valence-electron chi connectivity index (χ3n) is 3.58. The minimum atomic E-state index is -0.313. The quantitative estimate of drug-likeness (QED) is 0.818. The lowest BCUT2D eigenvalue weighted by molar-refractivity contribution is -0.131. The summed E-state index contributed by atoms with van der Waals surface area (Å²) in [6.07, 6.45) is 2.12. The number of nitrogens with one attached hydrogen (secondary N) is 1. The average Bonchev–Trinajstić information content (AvgIpc) is 2.96. The first kappa shape index (κ1) is 17.7. The van der Waals surface area contributed by atoms with Crippen molar-refractivity contribution in [2.24, 2.45) is 0 Å². The van der Waals surface area contributed by atoms with Crippen molar-refractivity contribution in [2.45, 2.75) is 25.3 Å². The van der Waals surface area contributed by atoms with E-state index in [1.807, 2.05) is 11.9 Å². The molecule has 118 valence electrons. The van der Waals surface area contributed by atoms with Crippen LogP contribution in [0.1, 0.15) is 19.3 Å². The van der Waals surface area contributed by atoms with Gasteiger partial charge in [0, 0.05) is 32.1 Å². The van der Waals surface area contributed by atoms with Crippen molar-refractivity contribution in [3.05, 3.63) is 30.1 Å². The van der Waals surface area contributed by atoms with Crippen LogP contribution in [-0.2, 0) is 4.79 Å². The molecule has 0 aromatic heterocycles. The van der Waals surface area contributed by atoms with E-state index >= 15 is 0 Å². The number of rotatable bonds is 6. The molecule has 0 spiro atoms. The van der Waals surface area contributed by atoms with Crippen molar-refractivity contribution in [3.8, 4) is 5.75 Å². The average molecular weight is 317 g/mol. The monoisotopic (exact) mass is 316 g/mol. The zero-order valence-corrected chi connectivity index (χ0v) is 13.0. The number of hydrogen-bond acceptors (Lipinski definition) is 3. The van der Waals surface area contributed by atoms with E-state index in [2.05, 4.69) is 5.32 Å². The van der Waals surface area contributed by atoms with Gasteiger partial charge in [-0.2, -0.15) is 0 Å². The van der Waals surface area contributed by atoms with Gasteiger partial charge in [0.25, 0.3) is 0 Å². The van der Waals surface area contributed by atoms with Gasteiger partial charge in [-0.15, -0.1) is 12.4 Å². The number of benzene rings is 1. The first-order valence-corrected chi connectivity index (χ1v) is 7.01. The lowest BCUT2D eigenvalue weighted by Crippen LogP contribution is -2.38. The Morgan fingerprint density at radius 3 is 3.00 bits per heavy atom. The zero-order valence-electron chi connectivity index (χ0n) is 12.2. The van der Waals surface area contributed by atoms with Crippen molar-refractivity contribution in [3.63, 3.8) is 0 Å². The molecule has 0 radical (unpaired) electrons. The first-order chi connectivity index (χ1) is 9.66. The number of amides is 1. The van der Waals surface area contributed by atoms with E-state index in [1.165, 1.54) is 12.1 Å². The summed E-state index contributed by atoms with van der Waals surface area (Å²) in [4.78, 5) is 13.8. The van der Waals surface area contributed by atoms with Crippen LogP contribution >= 0.6 is 12.4 Å². The molecule has 1 aliphatic heterocycles. The van der Waals surface area contributed by atoms with Crippen LogP contribution in [0.3, 0.4) is 0 Å². The summed E-state index contributed by atoms with van der Waals surface area (Å²) in [5, 5.41) is 3.25. The van der Waals surface area contributed by atoms with E-state index in [0.29, 0.717) is 31.2 Å². The highest BCUT2D eigenvalue weighted by molar-refractivity contribution is 5.85. The van der Waals surface area contributed by atoms with Crippen molar-refractivity contribution in [1.82, 2.24) is 10.2 Å². The maximum Gasteiger partial charge on any atom is 0.222 e. The zero-order chi connectivity index (χ0) is 14.4. The Bertz CT molecular complexity index is 453. The predicted molar refractivity (Wildman–Crippen MR) is 82.4 cm³/mol. The van der Waals surface area contributed by atoms with E-state index in [-0.39, 0.29) is 24.1 Å². The lowest BCUT2D eigenvalue weighted by Gasteiger charge is -2.23. The molecule has 0 saturated carbocycles. The van der Waals surface area contributed by atoms with E-state index in [4.69, 9.17) is 4.74 Å². The summed E-state index contributed by atoms with van der Waals surface area (Å²) in [6, 6.07) is 6.35. The van der Waals surface area contributed by atoms with E-state index in [9.17, 15) is 9.18 Å². The molecular weight excluding hydrogens is 295 g/mol. The molecule has 6 heteroatoms. The summed E-state index contributed by atoms with van der Waals surface area (Å²) in [5.74, 6) is 0.333. The van der Waals surface area contributed by atoms with Crippen LogP contribution in [0.4, 0.5) is 4.39 Å². The highest BCUT2D eigenvalue weighted by atomic mass is 35.5. The smallest absolute Gasteiger partial charge is 0.222 e. The maximum atomic E-state index is 12.9. The second-order valence-corrected chi connectivity index (χ2v) is 5.06. The SMILES string of the molecule is CN(C(=O)CCCOc1cccc(F)c1)C1CCNC1.Cl. The third kappa shape index (κ3) is 5.52. The molecule has 1 atom stereocenters. The van der Waals surface area contributed by atoms with Crippen molar-refractivity contribution < 1.29 is 13.9 Å². The van der Waals surface area contributed by atoms with Crippen LogP contribution < -0.4 is 10.1 Å². The number of carbonyl (C=O) groups excluding carboxylic acids is 1. The third-order valence-corrected chi connectivity index (χ3v) is 3.58. The molecular formula is C15H22ClFN2O2. The number of hydrogen-bond donors (Lipinski definition) is 1. The molecule has 1 aliphatic rings. The topological polar surface area (TPSA) is 41.6 Å². The Labute approximate surface area is 131 Å². The Morgan fingerprint density at radius 2 is 2.33 bits per heavy atom. The minimum Gasteiger partial charge on any atom is -0.493 e. The number of likely N-dealkylation sites (N-methyl/N-ethyl adjacent to an activating group) is 1. The van der Waals surface area contributed by atoms with Gasteiger partial charge in [0.1, 0.15) is 11.6 Å². The Hall–Kier alpha value is -1.33. The van der Waals surface area contributed by atoms with Gasteiger partial charge in [-0.25, -0.2) is 4.39 Å². The van der Waals surface area contributed by atoms with Gasteiger partial charge >= 0.3 is 0 Å². The predicted octanol–water partition coefficient (Wildman–Crippen LogP) is 2.23. The van der Waals surface area contributed by atoms with Gasteiger partial charge < -0.3 is 15.0 Å². The number of ether oxygens (including phenoxy) is 1. The van der Waals surface area contributed by atoms with Crippen LogP contribution in [0.25, 0.3) is 0 Å². The van der Waals surface area contributed by atoms with Gasteiger partial charge in [0.05, 0.1) is 6.61 Å². The number of carbonyl (C=O) groups is 1. The van der Waals surface area contributed by atoms with E-state index in [0.717, 1.165) is 19.5 Å². The van der Waals surface area contributed by atoms with Gasteiger partial charge in [0.2, 0.25) is 5.91 Å². The largest absolute Gasteiger partial charge is 0.493 e. The lowest BCUT2D eigenvalue weighted by atomic mass is 10.2. The summed E-state index contributed by atoms with van der Waals surface area (Å²) in [6.45, 7) is 2.28. The molecule has 21 heavy (non-hydrogen) atoms. The molecule has 1 aromatic rings. The molecule has 1 fully saturated rings. The van der Waals surface area contributed by atoms with Gasteiger partial charge in [-0.3, -0.25) is 4.79 Å². The molecule has 1 amide bonds. The highest BCUT2D eigenvalue weighted by Gasteiger charge is 2.22. The Balaban J connectivity index is 0.00000220. The van der Waals surface area contributed by atoms with Crippen molar-refractivity contribution >= 4 is 18.3 Å². The maximum absolute atomic E-state index is 12.9. The molecule has 1 aromatic carbocycles. The van der Waals surface area contributed by atoms with Gasteiger partial charge in [-0.05, 0) is 31.5 Å². The Morgan fingerprint density at radius 1 is 1.52 bits per heavy atom. The fourth-order valence-electron chi connectivity index (χ4n) is 2.32. The van der Waals surface area contributed by atoms with Gasteiger partial charge in [0.15, 0.2) is 0 Å². The second kappa shape index (κ2) is 8.85. The number of nitrogens with zero attached hydrogens (tertiary/aromatic N) is 1. The van der Waals surface area contributed by atoms with Crippen molar-refractivity contribution in [1.29, 1.82) is 0 Å². The van der Waals surface area contributed by atoms with E-state index in [1.54, 1.807) is 12.1 Å². The molecule has 1 heterocycles. The molecule has 0 aliphatic carbocycles. The van der Waals surface area contributed by atoms with Crippen LogP contribution in [0.2, 0.25) is 0 Å². The summed E-state index contributed by atoms with van der Waals surface area (Å²) in [7, 11) is 1.85. The summed E-state index contributed by atoms with van der Waals surface area (Å²) in [5.41, 5.74) is 0. The highest BCUT2D eigenvalue weighted by Crippen LogP contribution is 2.13. The van der Waals surface area contributed by atoms with Crippen LogP contribution in [-0.4, -0.2) is 43.6 Å². The fourth-order valence-corrected chi connectivity index (χ4v) is 2.32. The Kier molecular flexibility index (Phi) is 7.47. The molecule has 1 unspecified atom stereocenters. The molecule has 2 rings (SSSR count). The minimum absolute atomic E-state index is 0. The van der Waals surface area contributed by atoms with Crippen molar-refractivity contribution in [2.75, 3.05) is 26.7 Å². The van der Waals surface area contributed by atoms with Crippen LogP contribution in [0.5, 0.6) is 5.75 Å².